The number of rotatable bonds is 7. The van der Waals surface area contributed by atoms with Gasteiger partial charge in [0.2, 0.25) is 0 Å². The van der Waals surface area contributed by atoms with Crippen LogP contribution in [-0.4, -0.2) is 30.5 Å². The lowest BCUT2D eigenvalue weighted by Gasteiger charge is -2.29. The van der Waals surface area contributed by atoms with E-state index in [4.69, 9.17) is 10.5 Å². The van der Waals surface area contributed by atoms with Crippen molar-refractivity contribution in [3.63, 3.8) is 0 Å². The molecule has 20 heavy (non-hydrogen) atoms. The molecular formula is C16H26N2O2. The van der Waals surface area contributed by atoms with Crippen molar-refractivity contribution in [3.05, 3.63) is 23.8 Å². The zero-order valence-corrected chi connectivity index (χ0v) is 13.0. The number of hydrogen-bond donors (Lipinski definition) is 1. The molecule has 0 bridgehead atoms. The molecule has 112 valence electrons. The summed E-state index contributed by atoms with van der Waals surface area (Å²) in [7, 11) is 1.59. The number of hydrogen-bond acceptors (Lipinski definition) is 3. The van der Waals surface area contributed by atoms with E-state index in [1.807, 2.05) is 4.90 Å². The summed E-state index contributed by atoms with van der Waals surface area (Å²) in [5.41, 5.74) is 7.01. The number of anilines is 1. The van der Waals surface area contributed by atoms with Crippen LogP contribution < -0.4 is 10.5 Å². The SMILES string of the molecule is CCCCN(C(=O)c1ccc(OC)cc1N)C(C)CC. The number of carbonyl (C=O) groups is 1. The Morgan fingerprint density at radius 3 is 2.60 bits per heavy atom. The van der Waals surface area contributed by atoms with Crippen LogP contribution in [0.15, 0.2) is 18.2 Å². The van der Waals surface area contributed by atoms with Gasteiger partial charge in [0.05, 0.1) is 12.7 Å². The molecule has 1 unspecified atom stereocenters. The van der Waals surface area contributed by atoms with Crippen LogP contribution in [-0.2, 0) is 0 Å². The molecule has 0 heterocycles. The average Bonchev–Trinajstić information content (AvgIpc) is 2.46. The molecule has 1 aromatic rings. The molecule has 1 aromatic carbocycles. The summed E-state index contributed by atoms with van der Waals surface area (Å²) < 4.78 is 5.12. The molecule has 0 spiro atoms. The van der Waals surface area contributed by atoms with E-state index in [1.165, 1.54) is 0 Å². The van der Waals surface area contributed by atoms with Crippen LogP contribution in [0, 0.1) is 0 Å². The summed E-state index contributed by atoms with van der Waals surface area (Å²) in [6, 6.07) is 5.44. The van der Waals surface area contributed by atoms with Crippen molar-refractivity contribution in [3.8, 4) is 5.75 Å². The van der Waals surface area contributed by atoms with Gasteiger partial charge in [-0.3, -0.25) is 4.79 Å². The zero-order valence-electron chi connectivity index (χ0n) is 13.0. The third kappa shape index (κ3) is 3.89. The molecule has 0 aliphatic rings. The first kappa shape index (κ1) is 16.3. The number of nitrogen functional groups attached to an aromatic ring is 1. The van der Waals surface area contributed by atoms with Crippen molar-refractivity contribution in [2.24, 2.45) is 0 Å². The summed E-state index contributed by atoms with van der Waals surface area (Å²) in [6.07, 6.45) is 3.01. The summed E-state index contributed by atoms with van der Waals surface area (Å²) in [5, 5.41) is 0. The molecule has 4 heteroatoms. The van der Waals surface area contributed by atoms with Crippen molar-refractivity contribution < 1.29 is 9.53 Å². The molecule has 0 aliphatic carbocycles. The first-order valence-electron chi connectivity index (χ1n) is 7.29. The van der Waals surface area contributed by atoms with Gasteiger partial charge in [-0.05, 0) is 31.9 Å². The lowest BCUT2D eigenvalue weighted by molar-refractivity contribution is 0.0686. The van der Waals surface area contributed by atoms with Gasteiger partial charge in [-0.25, -0.2) is 0 Å². The molecule has 0 fully saturated rings. The summed E-state index contributed by atoms with van der Waals surface area (Å²) in [6.45, 7) is 7.07. The Bertz CT molecular complexity index is 446. The minimum absolute atomic E-state index is 0.00736. The number of ether oxygens (including phenoxy) is 1. The smallest absolute Gasteiger partial charge is 0.256 e. The maximum absolute atomic E-state index is 12.7. The average molecular weight is 278 g/mol. The highest BCUT2D eigenvalue weighted by Gasteiger charge is 2.21. The zero-order chi connectivity index (χ0) is 15.1. The minimum atomic E-state index is 0.00736. The molecular weight excluding hydrogens is 252 g/mol. The predicted molar refractivity (Wildman–Crippen MR) is 83.1 cm³/mol. The Hall–Kier alpha value is -1.71. The number of benzene rings is 1. The Kier molecular flexibility index (Phi) is 6.36. The van der Waals surface area contributed by atoms with Gasteiger partial charge in [-0.2, -0.15) is 0 Å². The summed E-state index contributed by atoms with van der Waals surface area (Å²) in [5.74, 6) is 0.677. The molecule has 2 N–H and O–H groups in total. The van der Waals surface area contributed by atoms with E-state index in [-0.39, 0.29) is 11.9 Å². The fourth-order valence-corrected chi connectivity index (χ4v) is 2.09. The molecule has 0 radical (unpaired) electrons. The highest BCUT2D eigenvalue weighted by atomic mass is 16.5. The van der Waals surface area contributed by atoms with E-state index in [9.17, 15) is 4.79 Å². The van der Waals surface area contributed by atoms with E-state index in [0.717, 1.165) is 25.8 Å². The summed E-state index contributed by atoms with van der Waals surface area (Å²) >= 11 is 0. The number of nitrogens with two attached hydrogens (primary N) is 1. The molecule has 0 aromatic heterocycles. The highest BCUT2D eigenvalue weighted by molar-refractivity contribution is 5.99. The van der Waals surface area contributed by atoms with Crippen molar-refractivity contribution in [1.29, 1.82) is 0 Å². The largest absolute Gasteiger partial charge is 0.497 e. The van der Waals surface area contributed by atoms with Crippen molar-refractivity contribution >= 4 is 11.6 Å². The van der Waals surface area contributed by atoms with Crippen molar-refractivity contribution in [1.82, 2.24) is 4.90 Å². The molecule has 1 rings (SSSR count). The van der Waals surface area contributed by atoms with Crippen LogP contribution in [0.3, 0.4) is 0 Å². The van der Waals surface area contributed by atoms with E-state index >= 15 is 0 Å². The minimum Gasteiger partial charge on any atom is -0.497 e. The highest BCUT2D eigenvalue weighted by Crippen LogP contribution is 2.22. The van der Waals surface area contributed by atoms with Gasteiger partial charge in [-0.1, -0.05) is 20.3 Å². The quantitative estimate of drug-likeness (QED) is 0.778. The fraction of sp³-hybridized carbons (Fsp3) is 0.562. The van der Waals surface area contributed by atoms with Crippen LogP contribution in [0.2, 0.25) is 0 Å². The molecule has 0 saturated carbocycles. The molecule has 1 atom stereocenters. The van der Waals surface area contributed by atoms with Crippen LogP contribution in [0.4, 0.5) is 5.69 Å². The van der Waals surface area contributed by atoms with E-state index < -0.39 is 0 Å². The van der Waals surface area contributed by atoms with E-state index in [1.54, 1.807) is 25.3 Å². The lowest BCUT2D eigenvalue weighted by atomic mass is 10.1. The van der Waals surface area contributed by atoms with Crippen molar-refractivity contribution in [2.75, 3.05) is 19.4 Å². The van der Waals surface area contributed by atoms with Gasteiger partial charge in [0.1, 0.15) is 5.75 Å². The normalized spacial score (nSPS) is 12.0. The van der Waals surface area contributed by atoms with Gasteiger partial charge >= 0.3 is 0 Å². The maximum Gasteiger partial charge on any atom is 0.256 e. The third-order valence-electron chi connectivity index (χ3n) is 3.63. The Balaban J connectivity index is 2.99. The summed E-state index contributed by atoms with van der Waals surface area (Å²) in [4.78, 5) is 14.6. The first-order chi connectivity index (χ1) is 9.54. The van der Waals surface area contributed by atoms with Gasteiger partial charge in [0.15, 0.2) is 0 Å². The predicted octanol–water partition coefficient (Wildman–Crippen LogP) is 3.32. The topological polar surface area (TPSA) is 55.6 Å². The Morgan fingerprint density at radius 2 is 2.10 bits per heavy atom. The monoisotopic (exact) mass is 278 g/mol. The number of nitrogens with zero attached hydrogens (tertiary/aromatic N) is 1. The second-order valence-electron chi connectivity index (χ2n) is 5.06. The molecule has 0 saturated heterocycles. The maximum atomic E-state index is 12.7. The molecule has 1 amide bonds. The van der Waals surface area contributed by atoms with Gasteiger partial charge in [0, 0.05) is 24.3 Å². The first-order valence-corrected chi connectivity index (χ1v) is 7.29. The second kappa shape index (κ2) is 7.78. The second-order valence-corrected chi connectivity index (χ2v) is 5.06. The van der Waals surface area contributed by atoms with Crippen LogP contribution in [0.1, 0.15) is 50.4 Å². The Labute approximate surface area is 121 Å². The fourth-order valence-electron chi connectivity index (χ4n) is 2.09. The number of unbranched alkanes of at least 4 members (excludes halogenated alkanes) is 1. The Morgan fingerprint density at radius 1 is 1.40 bits per heavy atom. The van der Waals surface area contributed by atoms with E-state index in [0.29, 0.717) is 17.0 Å². The molecule has 4 nitrogen and oxygen atoms in total. The van der Waals surface area contributed by atoms with E-state index in [2.05, 4.69) is 20.8 Å². The number of amides is 1. The van der Waals surface area contributed by atoms with Crippen LogP contribution >= 0.6 is 0 Å². The van der Waals surface area contributed by atoms with Gasteiger partial charge in [0.25, 0.3) is 5.91 Å². The lowest BCUT2D eigenvalue weighted by Crippen LogP contribution is -2.39. The standard InChI is InChI=1S/C16H26N2O2/c1-5-7-10-18(12(3)6-2)16(19)14-9-8-13(20-4)11-15(14)17/h8-9,11-12H,5-7,10,17H2,1-4H3. The third-order valence-corrected chi connectivity index (χ3v) is 3.63. The molecule has 0 aliphatic heterocycles. The number of methoxy groups -OCH3 is 1. The van der Waals surface area contributed by atoms with Crippen molar-refractivity contribution in [2.45, 2.75) is 46.1 Å². The van der Waals surface area contributed by atoms with Crippen LogP contribution in [0.5, 0.6) is 5.75 Å². The van der Waals surface area contributed by atoms with Gasteiger partial charge in [-0.15, -0.1) is 0 Å². The number of carbonyl (C=O) groups excluding carboxylic acids is 1. The van der Waals surface area contributed by atoms with Crippen LogP contribution in [0.25, 0.3) is 0 Å². The van der Waals surface area contributed by atoms with Gasteiger partial charge < -0.3 is 15.4 Å².